The molecule has 1 unspecified atom stereocenters. The minimum atomic E-state index is -0.584. The van der Waals surface area contributed by atoms with E-state index in [9.17, 15) is 9.59 Å². The van der Waals surface area contributed by atoms with Gasteiger partial charge in [-0.25, -0.2) is 9.59 Å². The molecule has 246 valence electrons. The van der Waals surface area contributed by atoms with Crippen LogP contribution in [0.1, 0.15) is 56.9 Å². The summed E-state index contributed by atoms with van der Waals surface area (Å²) in [5, 5.41) is 0. The fourth-order valence-corrected chi connectivity index (χ4v) is 6.15. The number of benzene rings is 1. The summed E-state index contributed by atoms with van der Waals surface area (Å²) in [7, 11) is 3.78. The number of likely N-dealkylation sites (N-methyl/N-ethyl adjacent to an activating group) is 1. The highest BCUT2D eigenvalue weighted by atomic mass is 16.6. The van der Waals surface area contributed by atoms with Gasteiger partial charge in [0.1, 0.15) is 24.6 Å². The van der Waals surface area contributed by atoms with Crippen LogP contribution < -0.4 is 9.64 Å². The zero-order chi connectivity index (χ0) is 32.0. The Morgan fingerprint density at radius 1 is 1.00 bits per heavy atom. The van der Waals surface area contributed by atoms with Crippen molar-refractivity contribution in [1.29, 1.82) is 0 Å². The molecular weight excluding hydrogens is 576 g/mol. The van der Waals surface area contributed by atoms with Crippen LogP contribution >= 0.6 is 0 Å². The van der Waals surface area contributed by atoms with Crippen molar-refractivity contribution in [3.63, 3.8) is 0 Å². The van der Waals surface area contributed by atoms with Gasteiger partial charge in [0.25, 0.3) is 0 Å². The maximum Gasteiger partial charge on any atom is 0.410 e. The molecule has 2 amide bonds. The van der Waals surface area contributed by atoms with E-state index >= 15 is 0 Å². The van der Waals surface area contributed by atoms with Crippen LogP contribution in [0.2, 0.25) is 0 Å². The van der Waals surface area contributed by atoms with Gasteiger partial charge >= 0.3 is 18.2 Å². The zero-order valence-corrected chi connectivity index (χ0v) is 27.4. The van der Waals surface area contributed by atoms with E-state index in [-0.39, 0.29) is 24.8 Å². The van der Waals surface area contributed by atoms with E-state index in [1.807, 2.05) is 56.0 Å². The highest BCUT2D eigenvalue weighted by Gasteiger charge is 2.36. The first kappa shape index (κ1) is 32.7. The number of amides is 2. The van der Waals surface area contributed by atoms with E-state index in [1.165, 1.54) is 0 Å². The SMILES string of the molecule is COCC[C@H]1CN(c2nc(OCC3CCCN3C)nc3c2CCN(C(=O)OCc2ccccc2)C3)CCN1C(=O)OC(C)(C)C. The zero-order valence-electron chi connectivity index (χ0n) is 27.4. The predicted molar refractivity (Wildman–Crippen MR) is 169 cm³/mol. The number of methoxy groups -OCH3 is 1. The topological polar surface area (TPSA) is 110 Å². The first-order chi connectivity index (χ1) is 21.6. The van der Waals surface area contributed by atoms with Gasteiger partial charge in [0.2, 0.25) is 0 Å². The Morgan fingerprint density at radius 2 is 1.80 bits per heavy atom. The molecule has 0 spiro atoms. The first-order valence-corrected chi connectivity index (χ1v) is 16.0. The number of ether oxygens (including phenoxy) is 4. The monoisotopic (exact) mass is 624 g/mol. The molecule has 2 atom stereocenters. The lowest BCUT2D eigenvalue weighted by atomic mass is 10.0. The molecule has 12 heteroatoms. The number of carbonyl (C=O) groups excluding carboxylic acids is 2. The number of fused-ring (bicyclic) bond motifs is 1. The molecule has 0 saturated carbocycles. The maximum atomic E-state index is 13.1. The molecule has 12 nitrogen and oxygen atoms in total. The van der Waals surface area contributed by atoms with Crippen LogP contribution in [0.25, 0.3) is 0 Å². The van der Waals surface area contributed by atoms with Crippen LogP contribution in [-0.4, -0.2) is 115 Å². The summed E-state index contributed by atoms with van der Waals surface area (Å²) in [4.78, 5) is 44.0. The summed E-state index contributed by atoms with van der Waals surface area (Å²) in [6.45, 7) is 10.4. The van der Waals surface area contributed by atoms with Gasteiger partial charge in [0.15, 0.2) is 0 Å². The van der Waals surface area contributed by atoms with Gasteiger partial charge in [0.05, 0.1) is 18.3 Å². The number of likely N-dealkylation sites (tertiary alicyclic amines) is 1. The molecule has 1 aromatic heterocycles. The minimum Gasteiger partial charge on any atom is -0.462 e. The highest BCUT2D eigenvalue weighted by Crippen LogP contribution is 2.31. The van der Waals surface area contributed by atoms with Gasteiger partial charge < -0.3 is 38.5 Å². The molecule has 5 rings (SSSR count). The third-order valence-corrected chi connectivity index (χ3v) is 8.63. The molecule has 3 aliphatic rings. The minimum absolute atomic E-state index is 0.122. The van der Waals surface area contributed by atoms with E-state index < -0.39 is 5.60 Å². The molecule has 0 N–H and O–H groups in total. The van der Waals surface area contributed by atoms with E-state index in [0.29, 0.717) is 70.8 Å². The lowest BCUT2D eigenvalue weighted by Gasteiger charge is -2.43. The Balaban J connectivity index is 1.36. The molecule has 0 radical (unpaired) electrons. The summed E-state index contributed by atoms with van der Waals surface area (Å²) >= 11 is 0. The van der Waals surface area contributed by atoms with Crippen LogP contribution in [0.15, 0.2) is 30.3 Å². The molecule has 3 aliphatic heterocycles. The molecule has 45 heavy (non-hydrogen) atoms. The fraction of sp³-hybridized carbons (Fsp3) is 0.636. The lowest BCUT2D eigenvalue weighted by Crippen LogP contribution is -2.57. The number of anilines is 1. The Kier molecular flexibility index (Phi) is 10.7. The molecule has 1 aromatic carbocycles. The van der Waals surface area contributed by atoms with E-state index in [2.05, 4.69) is 16.8 Å². The Bertz CT molecular complexity index is 1300. The van der Waals surface area contributed by atoms with Gasteiger partial charge in [-0.3, -0.25) is 0 Å². The van der Waals surface area contributed by atoms with Crippen LogP contribution in [0.4, 0.5) is 15.4 Å². The number of nitrogens with zero attached hydrogens (tertiary/aromatic N) is 6. The van der Waals surface area contributed by atoms with Crippen molar-refractivity contribution in [2.75, 3.05) is 65.0 Å². The van der Waals surface area contributed by atoms with Crippen molar-refractivity contribution in [2.24, 2.45) is 0 Å². The van der Waals surface area contributed by atoms with Crippen molar-refractivity contribution in [3.8, 4) is 6.01 Å². The lowest BCUT2D eigenvalue weighted by molar-refractivity contribution is 0.0105. The largest absolute Gasteiger partial charge is 0.462 e. The third-order valence-electron chi connectivity index (χ3n) is 8.63. The third kappa shape index (κ3) is 8.55. The Labute approximate surface area is 266 Å². The normalized spacial score (nSPS) is 20.6. The number of hydrogen-bond acceptors (Lipinski definition) is 10. The summed E-state index contributed by atoms with van der Waals surface area (Å²) in [5.41, 5.74) is 2.12. The predicted octanol–water partition coefficient (Wildman–Crippen LogP) is 4.11. The second kappa shape index (κ2) is 14.6. The average Bonchev–Trinajstić information content (AvgIpc) is 3.44. The Hall–Kier alpha value is -3.64. The van der Waals surface area contributed by atoms with Crippen molar-refractivity contribution >= 4 is 18.0 Å². The smallest absolute Gasteiger partial charge is 0.410 e. The van der Waals surface area contributed by atoms with Crippen LogP contribution in [-0.2, 0) is 33.8 Å². The molecule has 0 aliphatic carbocycles. The van der Waals surface area contributed by atoms with Crippen molar-refractivity contribution in [3.05, 3.63) is 47.2 Å². The average molecular weight is 625 g/mol. The van der Waals surface area contributed by atoms with Gasteiger partial charge in [-0.05, 0) is 65.6 Å². The molecule has 4 heterocycles. The molecular formula is C33H48N6O6. The molecule has 2 fully saturated rings. The van der Waals surface area contributed by atoms with Gasteiger partial charge in [-0.15, -0.1) is 0 Å². The summed E-state index contributed by atoms with van der Waals surface area (Å²) in [6.07, 6.45) is 2.78. The summed E-state index contributed by atoms with van der Waals surface area (Å²) < 4.78 is 23.0. The van der Waals surface area contributed by atoms with E-state index in [4.69, 9.17) is 28.9 Å². The molecule has 2 saturated heterocycles. The number of hydrogen-bond donors (Lipinski definition) is 0. The summed E-state index contributed by atoms with van der Waals surface area (Å²) in [5.74, 6) is 0.804. The number of rotatable bonds is 9. The first-order valence-electron chi connectivity index (χ1n) is 16.0. The van der Waals surface area contributed by atoms with Crippen LogP contribution in [0, 0.1) is 0 Å². The number of carbonyl (C=O) groups is 2. The second-order valence-corrected chi connectivity index (χ2v) is 13.1. The van der Waals surface area contributed by atoms with Gasteiger partial charge in [-0.1, -0.05) is 30.3 Å². The maximum absolute atomic E-state index is 13.1. The van der Waals surface area contributed by atoms with Crippen LogP contribution in [0.3, 0.4) is 0 Å². The number of piperazine rings is 1. The van der Waals surface area contributed by atoms with Gasteiger partial charge in [-0.2, -0.15) is 9.97 Å². The standard InChI is InChI=1S/C33H48N6O6/c1-33(2,3)45-32(41)39-18-17-37(20-25(39)14-19-42-5)29-27-13-16-38(31(40)44-22-24-10-7-6-8-11-24)21-28(27)34-30(35-29)43-23-26-12-9-15-36(26)4/h6-8,10-11,25-26H,9,12-23H2,1-5H3/t25-,26?/m0/s1. The quantitative estimate of drug-likeness (QED) is 0.404. The van der Waals surface area contributed by atoms with Crippen molar-refractivity contribution < 1.29 is 28.5 Å². The summed E-state index contributed by atoms with van der Waals surface area (Å²) in [6, 6.07) is 10.2. The molecule has 2 aromatic rings. The number of aromatic nitrogens is 2. The van der Waals surface area contributed by atoms with Crippen molar-refractivity contribution in [1.82, 2.24) is 24.7 Å². The highest BCUT2D eigenvalue weighted by molar-refractivity contribution is 5.70. The van der Waals surface area contributed by atoms with Gasteiger partial charge in [0, 0.05) is 51.5 Å². The second-order valence-electron chi connectivity index (χ2n) is 13.1. The van der Waals surface area contributed by atoms with Crippen molar-refractivity contribution in [2.45, 2.75) is 77.3 Å². The fourth-order valence-electron chi connectivity index (χ4n) is 6.15. The van der Waals surface area contributed by atoms with Crippen LogP contribution in [0.5, 0.6) is 6.01 Å². The molecule has 0 bridgehead atoms. The Morgan fingerprint density at radius 3 is 2.51 bits per heavy atom. The van der Waals surface area contributed by atoms with E-state index in [0.717, 1.165) is 42.0 Å². The van der Waals surface area contributed by atoms with E-state index in [1.54, 1.807) is 12.0 Å².